The molecule has 1 saturated carbocycles. The van der Waals surface area contributed by atoms with Crippen molar-refractivity contribution >= 4 is 6.29 Å². The minimum absolute atomic E-state index is 0.465. The van der Waals surface area contributed by atoms with Crippen LogP contribution in [0.3, 0.4) is 0 Å². The van der Waals surface area contributed by atoms with Crippen molar-refractivity contribution in [3.63, 3.8) is 0 Å². The number of aldehydes is 1. The van der Waals surface area contributed by atoms with Gasteiger partial charge in [0.2, 0.25) is 0 Å². The number of carbonyl (C=O) groups is 1. The van der Waals surface area contributed by atoms with Crippen LogP contribution >= 0.6 is 0 Å². The zero-order valence-electron chi connectivity index (χ0n) is 8.10. The molecule has 1 unspecified atom stereocenters. The van der Waals surface area contributed by atoms with Gasteiger partial charge in [-0.2, -0.15) is 0 Å². The van der Waals surface area contributed by atoms with Crippen LogP contribution in [0.25, 0.3) is 0 Å². The first kappa shape index (κ1) is 9.50. The molecule has 1 nitrogen and oxygen atoms in total. The van der Waals surface area contributed by atoms with Gasteiger partial charge in [0.25, 0.3) is 0 Å². The average molecular weight is 166 g/mol. The smallest absolute Gasteiger partial charge is 0.142 e. The molecule has 0 spiro atoms. The molecule has 0 bridgehead atoms. The van der Waals surface area contributed by atoms with E-state index < -0.39 is 0 Å². The Labute approximate surface area is 74.9 Å². The predicted octanol–water partition coefficient (Wildman–Crippen LogP) is 3.10. The highest BCUT2D eigenvalue weighted by molar-refractivity contribution is 5.66. The summed E-state index contributed by atoms with van der Waals surface area (Å²) >= 11 is 0. The van der Waals surface area contributed by atoms with Crippen molar-refractivity contribution in [1.82, 2.24) is 0 Å². The molecule has 1 aliphatic carbocycles. The Morgan fingerprint density at radius 1 is 1.58 bits per heavy atom. The summed E-state index contributed by atoms with van der Waals surface area (Å²) in [5.41, 5.74) is 1.81. The second kappa shape index (κ2) is 3.88. The van der Waals surface area contributed by atoms with Crippen LogP contribution in [-0.2, 0) is 4.79 Å². The lowest BCUT2D eigenvalue weighted by atomic mass is 9.72. The van der Waals surface area contributed by atoms with Gasteiger partial charge in [-0.1, -0.05) is 25.8 Å². The zero-order valence-corrected chi connectivity index (χ0v) is 8.10. The number of hydrogen-bond acceptors (Lipinski definition) is 1. The Hall–Kier alpha value is -0.590. The van der Waals surface area contributed by atoms with E-state index >= 15 is 0 Å². The Kier molecular flexibility index (Phi) is 3.07. The van der Waals surface area contributed by atoms with E-state index in [1.807, 2.05) is 0 Å². The molecule has 0 aromatic heterocycles. The molecule has 0 radical (unpaired) electrons. The quantitative estimate of drug-likeness (QED) is 0.455. The summed E-state index contributed by atoms with van der Waals surface area (Å²) in [6, 6.07) is 0. The van der Waals surface area contributed by atoms with Crippen LogP contribution < -0.4 is 0 Å². The minimum atomic E-state index is 0.465. The van der Waals surface area contributed by atoms with Gasteiger partial charge >= 0.3 is 0 Å². The minimum Gasteiger partial charge on any atom is -0.299 e. The lowest BCUT2D eigenvalue weighted by molar-refractivity contribution is -0.104. The molecule has 0 amide bonds. The third-order valence-electron chi connectivity index (χ3n) is 3.09. The van der Waals surface area contributed by atoms with Gasteiger partial charge < -0.3 is 0 Å². The lowest BCUT2D eigenvalue weighted by Gasteiger charge is -2.33. The van der Waals surface area contributed by atoms with E-state index in [9.17, 15) is 4.79 Å². The van der Waals surface area contributed by atoms with Crippen LogP contribution in [-0.4, -0.2) is 6.29 Å². The maximum absolute atomic E-state index is 10.3. The Bertz CT molecular complexity index is 193. The van der Waals surface area contributed by atoms with Crippen LogP contribution in [0, 0.1) is 5.41 Å². The van der Waals surface area contributed by atoms with Crippen LogP contribution in [0.5, 0.6) is 0 Å². The van der Waals surface area contributed by atoms with Crippen LogP contribution in [0.1, 0.15) is 46.0 Å². The Balaban J connectivity index is 2.62. The molecular weight excluding hydrogens is 148 g/mol. The van der Waals surface area contributed by atoms with Gasteiger partial charge in [-0.15, -0.1) is 0 Å². The molecule has 68 valence electrons. The van der Waals surface area contributed by atoms with E-state index in [1.54, 1.807) is 6.08 Å². The van der Waals surface area contributed by atoms with E-state index in [0.717, 1.165) is 19.1 Å². The van der Waals surface area contributed by atoms with E-state index in [2.05, 4.69) is 13.8 Å². The number of hydrogen-bond donors (Lipinski definition) is 0. The second-order valence-electron chi connectivity index (χ2n) is 4.16. The highest BCUT2D eigenvalue weighted by Gasteiger charge is 2.26. The number of carbonyl (C=O) groups excluding carboxylic acids is 1. The molecule has 1 heteroatoms. The van der Waals surface area contributed by atoms with E-state index in [1.165, 1.54) is 24.8 Å². The zero-order chi connectivity index (χ0) is 9.03. The molecule has 0 saturated heterocycles. The summed E-state index contributed by atoms with van der Waals surface area (Å²) in [5.74, 6) is 0. The largest absolute Gasteiger partial charge is 0.299 e. The summed E-state index contributed by atoms with van der Waals surface area (Å²) in [4.78, 5) is 10.3. The highest BCUT2D eigenvalue weighted by Crippen LogP contribution is 2.40. The van der Waals surface area contributed by atoms with Gasteiger partial charge in [0.05, 0.1) is 0 Å². The van der Waals surface area contributed by atoms with Crippen molar-refractivity contribution in [2.75, 3.05) is 0 Å². The third-order valence-corrected chi connectivity index (χ3v) is 3.09. The molecule has 1 rings (SSSR count). The molecule has 1 fully saturated rings. The molecule has 0 heterocycles. The van der Waals surface area contributed by atoms with Crippen molar-refractivity contribution in [2.24, 2.45) is 5.41 Å². The van der Waals surface area contributed by atoms with Crippen molar-refractivity contribution in [3.8, 4) is 0 Å². The SMILES string of the molecule is CCC1(C)CCCC(=CC=O)C1. The van der Waals surface area contributed by atoms with Crippen molar-refractivity contribution in [2.45, 2.75) is 46.0 Å². The molecular formula is C11H18O. The first-order chi connectivity index (χ1) is 5.70. The first-order valence-electron chi connectivity index (χ1n) is 4.83. The molecule has 1 aliphatic rings. The van der Waals surface area contributed by atoms with Gasteiger partial charge in [-0.25, -0.2) is 0 Å². The molecule has 0 aromatic carbocycles. The van der Waals surface area contributed by atoms with Crippen LogP contribution in [0.15, 0.2) is 11.6 Å². The molecule has 0 N–H and O–H groups in total. The van der Waals surface area contributed by atoms with Gasteiger partial charge in [0, 0.05) is 0 Å². The van der Waals surface area contributed by atoms with Gasteiger partial charge in [0.15, 0.2) is 0 Å². The average Bonchev–Trinajstić information content (AvgIpc) is 2.05. The number of rotatable bonds is 2. The summed E-state index contributed by atoms with van der Waals surface area (Å²) in [7, 11) is 0. The summed E-state index contributed by atoms with van der Waals surface area (Å²) in [6.07, 6.45) is 8.74. The lowest BCUT2D eigenvalue weighted by Crippen LogP contribution is -2.20. The normalized spacial score (nSPS) is 33.7. The fourth-order valence-corrected chi connectivity index (χ4v) is 2.01. The van der Waals surface area contributed by atoms with Gasteiger partial charge in [0.1, 0.15) is 6.29 Å². The van der Waals surface area contributed by atoms with Gasteiger partial charge in [-0.3, -0.25) is 4.79 Å². The van der Waals surface area contributed by atoms with Crippen molar-refractivity contribution in [1.29, 1.82) is 0 Å². The molecule has 0 aliphatic heterocycles. The van der Waals surface area contributed by atoms with Crippen LogP contribution in [0.4, 0.5) is 0 Å². The topological polar surface area (TPSA) is 17.1 Å². The Morgan fingerprint density at radius 3 is 2.92 bits per heavy atom. The fraction of sp³-hybridized carbons (Fsp3) is 0.727. The van der Waals surface area contributed by atoms with E-state index in [-0.39, 0.29) is 0 Å². The van der Waals surface area contributed by atoms with Crippen molar-refractivity contribution in [3.05, 3.63) is 11.6 Å². The Morgan fingerprint density at radius 2 is 2.33 bits per heavy atom. The predicted molar refractivity (Wildman–Crippen MR) is 51.0 cm³/mol. The molecule has 12 heavy (non-hydrogen) atoms. The second-order valence-corrected chi connectivity index (χ2v) is 4.16. The van der Waals surface area contributed by atoms with Crippen LogP contribution in [0.2, 0.25) is 0 Å². The third kappa shape index (κ3) is 2.20. The number of allylic oxidation sites excluding steroid dienone is 2. The molecule has 1 atom stereocenters. The monoisotopic (exact) mass is 166 g/mol. The summed E-state index contributed by atoms with van der Waals surface area (Å²) in [5, 5.41) is 0. The maximum atomic E-state index is 10.3. The highest BCUT2D eigenvalue weighted by atomic mass is 16.1. The maximum Gasteiger partial charge on any atom is 0.142 e. The summed E-state index contributed by atoms with van der Waals surface area (Å²) in [6.45, 7) is 4.56. The first-order valence-corrected chi connectivity index (χ1v) is 4.83. The van der Waals surface area contributed by atoms with Gasteiger partial charge in [-0.05, 0) is 37.2 Å². The standard InChI is InChI=1S/C11H18O/c1-3-11(2)7-4-5-10(9-11)6-8-12/h6,8H,3-5,7,9H2,1-2H3. The molecule has 0 aromatic rings. The fourth-order valence-electron chi connectivity index (χ4n) is 2.01. The van der Waals surface area contributed by atoms with E-state index in [0.29, 0.717) is 5.41 Å². The summed E-state index contributed by atoms with van der Waals surface area (Å²) < 4.78 is 0. The van der Waals surface area contributed by atoms with Crippen molar-refractivity contribution < 1.29 is 4.79 Å². The van der Waals surface area contributed by atoms with E-state index in [4.69, 9.17) is 0 Å².